The molecule has 1 aromatic carbocycles. The molecule has 1 aliphatic heterocycles. The molecule has 0 radical (unpaired) electrons. The maximum Gasteiger partial charge on any atom is 0.307 e. The number of carbonyl (C=O) groups is 2. The highest BCUT2D eigenvalue weighted by molar-refractivity contribution is 6.00. The molecule has 1 aromatic heterocycles. The number of amides is 1. The van der Waals surface area contributed by atoms with E-state index in [9.17, 15) is 9.59 Å². The number of esters is 1. The molecule has 1 aliphatic rings. The summed E-state index contributed by atoms with van der Waals surface area (Å²) in [4.78, 5) is 26.0. The summed E-state index contributed by atoms with van der Waals surface area (Å²) in [5, 5.41) is 3.82. The van der Waals surface area contributed by atoms with Crippen LogP contribution >= 0.6 is 0 Å². The van der Waals surface area contributed by atoms with Crippen molar-refractivity contribution < 1.29 is 23.6 Å². The first-order chi connectivity index (χ1) is 12.0. The van der Waals surface area contributed by atoms with Gasteiger partial charge in [0.25, 0.3) is 5.91 Å². The number of ether oxygens (including phenoxy) is 2. The average molecular weight is 344 g/mol. The SMILES string of the molecule is Cc1noc(C)c1COC(=O)CCN1C(=O)[C@H](C)Oc2ccccc21. The molecule has 0 fully saturated rings. The molecule has 0 spiro atoms. The Kier molecular flexibility index (Phi) is 4.74. The summed E-state index contributed by atoms with van der Waals surface area (Å²) < 4.78 is 15.9. The van der Waals surface area contributed by atoms with Crippen LogP contribution in [0.4, 0.5) is 5.69 Å². The molecule has 132 valence electrons. The minimum atomic E-state index is -0.576. The minimum absolute atomic E-state index is 0.0934. The second-order valence-corrected chi connectivity index (χ2v) is 5.93. The van der Waals surface area contributed by atoms with Crippen molar-refractivity contribution >= 4 is 17.6 Å². The van der Waals surface area contributed by atoms with Gasteiger partial charge in [0, 0.05) is 6.54 Å². The van der Waals surface area contributed by atoms with Crippen molar-refractivity contribution in [2.45, 2.75) is 39.9 Å². The fourth-order valence-corrected chi connectivity index (χ4v) is 2.73. The Labute approximate surface area is 145 Å². The van der Waals surface area contributed by atoms with Crippen molar-refractivity contribution in [2.75, 3.05) is 11.4 Å². The van der Waals surface area contributed by atoms with Crippen LogP contribution in [0.5, 0.6) is 5.75 Å². The summed E-state index contributed by atoms with van der Waals surface area (Å²) in [6, 6.07) is 7.28. The van der Waals surface area contributed by atoms with Gasteiger partial charge in [-0.15, -0.1) is 0 Å². The molecule has 7 nitrogen and oxygen atoms in total. The van der Waals surface area contributed by atoms with Gasteiger partial charge >= 0.3 is 5.97 Å². The molecular weight excluding hydrogens is 324 g/mol. The highest BCUT2D eigenvalue weighted by atomic mass is 16.5. The number of aryl methyl sites for hydroxylation is 2. The molecule has 0 aliphatic carbocycles. The molecule has 1 atom stereocenters. The standard InChI is InChI=1S/C18H20N2O5/c1-11-14(12(2)25-19-11)10-23-17(21)8-9-20-15-6-4-5-7-16(15)24-13(3)18(20)22/h4-7,13H,8-10H2,1-3H3/t13-/m0/s1. The maximum atomic E-state index is 12.4. The van der Waals surface area contributed by atoms with E-state index in [1.54, 1.807) is 37.8 Å². The monoisotopic (exact) mass is 344 g/mol. The molecule has 3 rings (SSSR count). The van der Waals surface area contributed by atoms with Crippen molar-refractivity contribution in [3.63, 3.8) is 0 Å². The number of hydrogen-bond donors (Lipinski definition) is 0. The minimum Gasteiger partial charge on any atom is -0.479 e. The van der Waals surface area contributed by atoms with Crippen LogP contribution in [0.2, 0.25) is 0 Å². The van der Waals surface area contributed by atoms with E-state index in [4.69, 9.17) is 14.0 Å². The first kappa shape index (κ1) is 17.0. The third-order valence-corrected chi connectivity index (χ3v) is 4.17. The van der Waals surface area contributed by atoms with Gasteiger partial charge in [0.15, 0.2) is 6.10 Å². The number of carbonyl (C=O) groups excluding carboxylic acids is 2. The van der Waals surface area contributed by atoms with Crippen LogP contribution in [-0.4, -0.2) is 29.7 Å². The van der Waals surface area contributed by atoms with Crippen molar-refractivity contribution in [3.05, 3.63) is 41.3 Å². The van der Waals surface area contributed by atoms with Gasteiger partial charge in [0.05, 0.1) is 23.4 Å². The Bertz CT molecular complexity index is 779. The number of fused-ring (bicyclic) bond motifs is 1. The molecule has 25 heavy (non-hydrogen) atoms. The van der Waals surface area contributed by atoms with Crippen molar-refractivity contribution in [3.8, 4) is 5.75 Å². The average Bonchev–Trinajstić information content (AvgIpc) is 2.91. The van der Waals surface area contributed by atoms with Gasteiger partial charge in [-0.05, 0) is 32.9 Å². The Balaban J connectivity index is 1.61. The zero-order valence-corrected chi connectivity index (χ0v) is 14.4. The third kappa shape index (κ3) is 3.50. The number of rotatable bonds is 5. The first-order valence-corrected chi connectivity index (χ1v) is 8.12. The topological polar surface area (TPSA) is 81.9 Å². The number of anilines is 1. The predicted octanol–water partition coefficient (Wildman–Crippen LogP) is 2.54. The summed E-state index contributed by atoms with van der Waals surface area (Å²) in [6.45, 7) is 5.62. The molecule has 0 bridgehead atoms. The Hall–Kier alpha value is -2.83. The largest absolute Gasteiger partial charge is 0.479 e. The molecule has 0 N–H and O–H groups in total. The van der Waals surface area contributed by atoms with E-state index in [1.807, 2.05) is 12.1 Å². The fourth-order valence-electron chi connectivity index (χ4n) is 2.73. The van der Waals surface area contributed by atoms with Gasteiger partial charge in [-0.25, -0.2) is 0 Å². The van der Waals surface area contributed by atoms with Crippen molar-refractivity contribution in [2.24, 2.45) is 0 Å². The number of nitrogens with zero attached hydrogens (tertiary/aromatic N) is 2. The van der Waals surface area contributed by atoms with Gasteiger partial charge in [-0.1, -0.05) is 17.3 Å². The molecular formula is C18H20N2O5. The highest BCUT2D eigenvalue weighted by Gasteiger charge is 2.31. The van der Waals surface area contributed by atoms with E-state index in [-0.39, 0.29) is 31.4 Å². The van der Waals surface area contributed by atoms with Gasteiger partial charge < -0.3 is 18.9 Å². The van der Waals surface area contributed by atoms with E-state index in [2.05, 4.69) is 5.16 Å². The van der Waals surface area contributed by atoms with Gasteiger partial charge in [0.2, 0.25) is 0 Å². The van der Waals surface area contributed by atoms with Crippen LogP contribution in [0, 0.1) is 13.8 Å². The molecule has 2 aromatic rings. The van der Waals surface area contributed by atoms with Crippen molar-refractivity contribution in [1.29, 1.82) is 0 Å². The fraction of sp³-hybridized carbons (Fsp3) is 0.389. The molecule has 1 amide bonds. The molecule has 2 heterocycles. The van der Waals surface area contributed by atoms with Gasteiger partial charge in [0.1, 0.15) is 18.1 Å². The number of para-hydroxylation sites is 2. The number of aromatic nitrogens is 1. The van der Waals surface area contributed by atoms with E-state index < -0.39 is 6.10 Å². The third-order valence-electron chi connectivity index (χ3n) is 4.17. The van der Waals surface area contributed by atoms with E-state index >= 15 is 0 Å². The molecule has 0 unspecified atom stereocenters. The van der Waals surface area contributed by atoms with Crippen LogP contribution in [-0.2, 0) is 20.9 Å². The molecule has 7 heteroatoms. The van der Waals surface area contributed by atoms with Gasteiger partial charge in [-0.2, -0.15) is 0 Å². The second-order valence-electron chi connectivity index (χ2n) is 5.93. The van der Waals surface area contributed by atoms with Crippen LogP contribution in [0.25, 0.3) is 0 Å². The van der Waals surface area contributed by atoms with E-state index in [0.717, 1.165) is 5.56 Å². The Morgan fingerprint density at radius 3 is 2.80 bits per heavy atom. The zero-order valence-electron chi connectivity index (χ0n) is 14.4. The normalized spacial score (nSPS) is 16.4. The van der Waals surface area contributed by atoms with Crippen molar-refractivity contribution in [1.82, 2.24) is 5.16 Å². The van der Waals surface area contributed by atoms with Crippen LogP contribution < -0.4 is 9.64 Å². The van der Waals surface area contributed by atoms with E-state index in [1.165, 1.54) is 0 Å². The summed E-state index contributed by atoms with van der Waals surface area (Å²) in [6.07, 6.45) is -0.482. The van der Waals surface area contributed by atoms with E-state index in [0.29, 0.717) is 22.9 Å². The summed E-state index contributed by atoms with van der Waals surface area (Å²) in [7, 11) is 0. The lowest BCUT2D eigenvalue weighted by Gasteiger charge is -2.32. The summed E-state index contributed by atoms with van der Waals surface area (Å²) in [5.74, 6) is 0.719. The summed E-state index contributed by atoms with van der Waals surface area (Å²) >= 11 is 0. The number of hydrogen-bond acceptors (Lipinski definition) is 6. The zero-order chi connectivity index (χ0) is 18.0. The lowest BCUT2D eigenvalue weighted by atomic mass is 10.2. The smallest absolute Gasteiger partial charge is 0.307 e. The van der Waals surface area contributed by atoms with Crippen LogP contribution in [0.3, 0.4) is 0 Å². The Morgan fingerprint density at radius 2 is 2.08 bits per heavy atom. The predicted molar refractivity (Wildman–Crippen MR) is 89.3 cm³/mol. The second kappa shape index (κ2) is 6.96. The highest BCUT2D eigenvalue weighted by Crippen LogP contribution is 2.33. The lowest BCUT2D eigenvalue weighted by molar-refractivity contribution is -0.144. The maximum absolute atomic E-state index is 12.4. The van der Waals surface area contributed by atoms with Crippen LogP contribution in [0.1, 0.15) is 30.4 Å². The van der Waals surface area contributed by atoms with Crippen LogP contribution in [0.15, 0.2) is 28.8 Å². The Morgan fingerprint density at radius 1 is 1.32 bits per heavy atom. The lowest BCUT2D eigenvalue weighted by Crippen LogP contribution is -2.45. The molecule has 0 saturated carbocycles. The summed E-state index contributed by atoms with van der Waals surface area (Å²) in [5.41, 5.74) is 2.15. The number of benzene rings is 1. The molecule has 0 saturated heterocycles. The quantitative estimate of drug-likeness (QED) is 0.775. The van der Waals surface area contributed by atoms with Gasteiger partial charge in [-0.3, -0.25) is 9.59 Å². The first-order valence-electron chi connectivity index (χ1n) is 8.12.